The number of methoxy groups -OCH3 is 1. The molecule has 2 atom stereocenters. The molecule has 3 rings (SSSR count). The van der Waals surface area contributed by atoms with Crippen LogP contribution in [-0.2, 0) is 4.79 Å². The second-order valence-corrected chi connectivity index (χ2v) is 4.69. The fourth-order valence-corrected chi connectivity index (χ4v) is 2.62. The third-order valence-corrected chi connectivity index (χ3v) is 3.63. The molecule has 0 spiro atoms. The number of carboxylic acids is 1. The molecule has 1 aliphatic carbocycles. The molecule has 0 saturated heterocycles. The summed E-state index contributed by atoms with van der Waals surface area (Å²) >= 11 is 0. The first kappa shape index (κ1) is 11.1. The van der Waals surface area contributed by atoms with Gasteiger partial charge in [-0.15, -0.1) is 0 Å². The van der Waals surface area contributed by atoms with Gasteiger partial charge in [0.2, 0.25) is 0 Å². The van der Waals surface area contributed by atoms with E-state index in [0.717, 1.165) is 22.1 Å². The number of benzene rings is 2. The van der Waals surface area contributed by atoms with Crippen LogP contribution in [0.25, 0.3) is 10.8 Å². The Morgan fingerprint density at radius 1 is 1.28 bits per heavy atom. The van der Waals surface area contributed by atoms with E-state index >= 15 is 0 Å². The molecule has 3 heteroatoms. The molecule has 2 aromatic rings. The van der Waals surface area contributed by atoms with Gasteiger partial charge < -0.3 is 9.84 Å². The molecular formula is C15H14O3. The van der Waals surface area contributed by atoms with Gasteiger partial charge in [-0.1, -0.05) is 30.3 Å². The van der Waals surface area contributed by atoms with E-state index in [1.807, 2.05) is 36.4 Å². The Morgan fingerprint density at radius 2 is 2.06 bits per heavy atom. The maximum absolute atomic E-state index is 11.0. The predicted molar refractivity (Wildman–Crippen MR) is 69.0 cm³/mol. The Balaban J connectivity index is 2.16. The van der Waals surface area contributed by atoms with Crippen molar-refractivity contribution in [2.75, 3.05) is 7.11 Å². The van der Waals surface area contributed by atoms with E-state index < -0.39 is 5.97 Å². The number of ether oxygens (including phenoxy) is 1. The molecule has 0 radical (unpaired) electrons. The third kappa shape index (κ3) is 1.63. The number of carbonyl (C=O) groups is 1. The van der Waals surface area contributed by atoms with Crippen molar-refractivity contribution < 1.29 is 14.6 Å². The van der Waals surface area contributed by atoms with Crippen molar-refractivity contribution in [2.45, 2.75) is 12.3 Å². The zero-order chi connectivity index (χ0) is 12.7. The molecule has 1 fully saturated rings. The summed E-state index contributed by atoms with van der Waals surface area (Å²) in [6.07, 6.45) is 0.708. The Labute approximate surface area is 105 Å². The van der Waals surface area contributed by atoms with Crippen LogP contribution in [0, 0.1) is 5.92 Å². The van der Waals surface area contributed by atoms with Crippen molar-refractivity contribution >= 4 is 16.7 Å². The highest BCUT2D eigenvalue weighted by atomic mass is 16.5. The quantitative estimate of drug-likeness (QED) is 0.899. The first-order chi connectivity index (χ1) is 8.72. The lowest BCUT2D eigenvalue weighted by Crippen LogP contribution is -2.00. The SMILES string of the molecule is COc1ccc2ccccc2c1[C@@H]1C[C@@H]1C(=O)O. The highest BCUT2D eigenvalue weighted by Crippen LogP contribution is 2.52. The molecule has 18 heavy (non-hydrogen) atoms. The largest absolute Gasteiger partial charge is 0.496 e. The van der Waals surface area contributed by atoms with Crippen LogP contribution < -0.4 is 4.74 Å². The molecule has 2 aromatic carbocycles. The lowest BCUT2D eigenvalue weighted by atomic mass is 9.99. The Kier molecular flexibility index (Phi) is 2.47. The molecule has 0 aromatic heterocycles. The molecule has 1 aliphatic rings. The predicted octanol–water partition coefficient (Wildman–Crippen LogP) is 3.04. The molecule has 3 nitrogen and oxygen atoms in total. The van der Waals surface area contributed by atoms with E-state index in [0.29, 0.717) is 6.42 Å². The number of aliphatic carboxylic acids is 1. The van der Waals surface area contributed by atoms with Crippen LogP contribution in [0.3, 0.4) is 0 Å². The van der Waals surface area contributed by atoms with Gasteiger partial charge in [0.05, 0.1) is 13.0 Å². The maximum atomic E-state index is 11.0. The zero-order valence-corrected chi connectivity index (χ0v) is 10.1. The third-order valence-electron chi connectivity index (χ3n) is 3.63. The van der Waals surface area contributed by atoms with Crippen LogP contribution in [0.15, 0.2) is 36.4 Å². The van der Waals surface area contributed by atoms with Gasteiger partial charge in [-0.25, -0.2) is 0 Å². The number of hydrogen-bond acceptors (Lipinski definition) is 2. The van der Waals surface area contributed by atoms with Crippen molar-refractivity contribution in [3.05, 3.63) is 42.0 Å². The van der Waals surface area contributed by atoms with Gasteiger partial charge >= 0.3 is 5.97 Å². The summed E-state index contributed by atoms with van der Waals surface area (Å²) in [6, 6.07) is 12.0. The zero-order valence-electron chi connectivity index (χ0n) is 10.1. The number of carboxylic acid groups (broad SMARTS) is 1. The smallest absolute Gasteiger partial charge is 0.307 e. The molecule has 0 heterocycles. The van der Waals surface area contributed by atoms with Gasteiger partial charge in [-0.3, -0.25) is 4.79 Å². The molecular weight excluding hydrogens is 228 g/mol. The van der Waals surface area contributed by atoms with Crippen LogP contribution in [0.5, 0.6) is 5.75 Å². The average Bonchev–Trinajstić information content (AvgIpc) is 3.17. The van der Waals surface area contributed by atoms with Gasteiger partial charge in [-0.05, 0) is 23.3 Å². The second-order valence-electron chi connectivity index (χ2n) is 4.69. The maximum Gasteiger partial charge on any atom is 0.307 e. The van der Waals surface area contributed by atoms with Crippen molar-refractivity contribution in [3.63, 3.8) is 0 Å². The Bertz CT molecular complexity index is 618. The van der Waals surface area contributed by atoms with Gasteiger partial charge in [0.25, 0.3) is 0 Å². The molecule has 0 amide bonds. The number of hydrogen-bond donors (Lipinski definition) is 1. The monoisotopic (exact) mass is 242 g/mol. The van der Waals surface area contributed by atoms with Crippen LogP contribution in [0.1, 0.15) is 17.9 Å². The topological polar surface area (TPSA) is 46.5 Å². The summed E-state index contributed by atoms with van der Waals surface area (Å²) in [6.45, 7) is 0. The van der Waals surface area contributed by atoms with Crippen LogP contribution in [0.4, 0.5) is 0 Å². The lowest BCUT2D eigenvalue weighted by molar-refractivity contribution is -0.138. The van der Waals surface area contributed by atoms with Crippen LogP contribution in [-0.4, -0.2) is 18.2 Å². The first-order valence-electron chi connectivity index (χ1n) is 6.01. The van der Waals surface area contributed by atoms with Crippen LogP contribution in [0.2, 0.25) is 0 Å². The van der Waals surface area contributed by atoms with Gasteiger partial charge in [-0.2, -0.15) is 0 Å². The molecule has 0 bridgehead atoms. The van der Waals surface area contributed by atoms with E-state index in [1.165, 1.54) is 0 Å². The average molecular weight is 242 g/mol. The van der Waals surface area contributed by atoms with E-state index in [4.69, 9.17) is 9.84 Å². The van der Waals surface area contributed by atoms with Crippen LogP contribution >= 0.6 is 0 Å². The summed E-state index contributed by atoms with van der Waals surface area (Å²) in [5.74, 6) is -0.0920. The van der Waals surface area contributed by atoms with E-state index in [1.54, 1.807) is 7.11 Å². The minimum absolute atomic E-state index is 0.0866. The summed E-state index contributed by atoms with van der Waals surface area (Å²) in [5, 5.41) is 11.3. The summed E-state index contributed by atoms with van der Waals surface area (Å²) in [5.41, 5.74) is 1.04. The summed E-state index contributed by atoms with van der Waals surface area (Å²) < 4.78 is 5.39. The van der Waals surface area contributed by atoms with Crippen molar-refractivity contribution in [3.8, 4) is 5.75 Å². The number of fused-ring (bicyclic) bond motifs is 1. The minimum Gasteiger partial charge on any atom is -0.496 e. The fourth-order valence-electron chi connectivity index (χ4n) is 2.62. The minimum atomic E-state index is -0.713. The van der Waals surface area contributed by atoms with Gasteiger partial charge in [0.15, 0.2) is 0 Å². The highest BCUT2D eigenvalue weighted by molar-refractivity contribution is 5.90. The van der Waals surface area contributed by atoms with Crippen molar-refractivity contribution in [1.29, 1.82) is 0 Å². The molecule has 0 aliphatic heterocycles. The molecule has 1 saturated carbocycles. The molecule has 92 valence electrons. The highest BCUT2D eigenvalue weighted by Gasteiger charge is 2.46. The van der Waals surface area contributed by atoms with Gasteiger partial charge in [0, 0.05) is 11.5 Å². The standard InChI is InChI=1S/C15H14O3/c1-18-13-7-6-9-4-2-3-5-10(9)14(13)11-8-12(11)15(16)17/h2-7,11-12H,8H2,1H3,(H,16,17)/t11-,12+/m1/s1. The molecule has 1 N–H and O–H groups in total. The first-order valence-corrected chi connectivity index (χ1v) is 6.01. The summed E-state index contributed by atoms with van der Waals surface area (Å²) in [4.78, 5) is 11.0. The second kappa shape index (κ2) is 4.02. The van der Waals surface area contributed by atoms with E-state index in [2.05, 4.69) is 0 Å². The number of rotatable bonds is 3. The van der Waals surface area contributed by atoms with Crippen molar-refractivity contribution in [2.24, 2.45) is 5.92 Å². The van der Waals surface area contributed by atoms with Crippen molar-refractivity contribution in [1.82, 2.24) is 0 Å². The van der Waals surface area contributed by atoms with E-state index in [9.17, 15) is 4.79 Å². The Hall–Kier alpha value is -2.03. The van der Waals surface area contributed by atoms with Gasteiger partial charge in [0.1, 0.15) is 5.75 Å². The fraction of sp³-hybridized carbons (Fsp3) is 0.267. The molecule has 0 unspecified atom stereocenters. The summed E-state index contributed by atoms with van der Waals surface area (Å²) in [7, 11) is 1.63. The van der Waals surface area contributed by atoms with E-state index in [-0.39, 0.29) is 11.8 Å². The Morgan fingerprint density at radius 3 is 2.72 bits per heavy atom. The normalized spacial score (nSPS) is 21.8. The lowest BCUT2D eigenvalue weighted by Gasteiger charge is -2.11.